The van der Waals surface area contributed by atoms with Crippen molar-refractivity contribution >= 4 is 21.6 Å². The maximum absolute atomic E-state index is 4.83. The zero-order valence-corrected chi connectivity index (χ0v) is 22.0. The SMILES string of the molecule is c1ccc(-c2cccc(-[n+]3ccc(-c4cc[n+](-c5cccc(-c6nc7ccccc7s6)c5)cc4)cc3)c2)cc1. The van der Waals surface area contributed by atoms with E-state index in [-0.39, 0.29) is 0 Å². The highest BCUT2D eigenvalue weighted by atomic mass is 32.1. The molecule has 0 fully saturated rings. The summed E-state index contributed by atoms with van der Waals surface area (Å²) in [6.45, 7) is 0. The molecule has 3 aromatic heterocycles. The number of rotatable bonds is 5. The van der Waals surface area contributed by atoms with Gasteiger partial charge in [-0.1, -0.05) is 66.7 Å². The van der Waals surface area contributed by atoms with Crippen molar-refractivity contribution in [2.45, 2.75) is 0 Å². The summed E-state index contributed by atoms with van der Waals surface area (Å²) in [4.78, 5) is 4.83. The Kier molecular flexibility index (Phi) is 6.00. The minimum absolute atomic E-state index is 1.04. The van der Waals surface area contributed by atoms with Crippen LogP contribution in [0.3, 0.4) is 0 Å². The average Bonchev–Trinajstić information content (AvgIpc) is 3.47. The van der Waals surface area contributed by atoms with E-state index in [0.717, 1.165) is 27.5 Å². The first kappa shape index (κ1) is 23.2. The molecule has 0 saturated heterocycles. The predicted molar refractivity (Wildman–Crippen MR) is 159 cm³/mol. The molecule has 0 N–H and O–H groups in total. The third kappa shape index (κ3) is 4.74. The van der Waals surface area contributed by atoms with Crippen LogP contribution >= 0.6 is 11.3 Å². The van der Waals surface area contributed by atoms with Crippen LogP contribution < -0.4 is 9.13 Å². The number of nitrogens with zero attached hydrogens (tertiary/aromatic N) is 3. The molecule has 4 heteroatoms. The van der Waals surface area contributed by atoms with Gasteiger partial charge in [-0.15, -0.1) is 11.3 Å². The van der Waals surface area contributed by atoms with Gasteiger partial charge in [0.25, 0.3) is 0 Å². The fourth-order valence-electron chi connectivity index (χ4n) is 4.85. The molecule has 39 heavy (non-hydrogen) atoms. The van der Waals surface area contributed by atoms with E-state index in [4.69, 9.17) is 4.98 Å². The Labute approximate surface area is 231 Å². The second kappa shape index (κ2) is 10.1. The van der Waals surface area contributed by atoms with Crippen molar-refractivity contribution in [3.8, 4) is 44.2 Å². The molecule has 7 rings (SSSR count). The van der Waals surface area contributed by atoms with Crippen LogP contribution in [0.1, 0.15) is 0 Å². The average molecular weight is 520 g/mol. The van der Waals surface area contributed by atoms with Gasteiger partial charge in [0.15, 0.2) is 24.8 Å². The Balaban J connectivity index is 1.12. The molecule has 0 spiro atoms. The Bertz CT molecular complexity index is 1860. The molecular weight excluding hydrogens is 494 g/mol. The molecule has 0 aliphatic rings. The van der Waals surface area contributed by atoms with Crippen LogP contribution in [0.25, 0.3) is 54.4 Å². The first-order valence-electron chi connectivity index (χ1n) is 13.0. The Morgan fingerprint density at radius 3 is 1.59 bits per heavy atom. The molecule has 0 radical (unpaired) electrons. The molecule has 0 amide bonds. The maximum atomic E-state index is 4.83. The van der Waals surface area contributed by atoms with Gasteiger partial charge in [0.1, 0.15) is 5.01 Å². The normalized spacial score (nSPS) is 11.1. The second-order valence-electron chi connectivity index (χ2n) is 9.44. The van der Waals surface area contributed by atoms with Gasteiger partial charge in [0.05, 0.1) is 10.2 Å². The van der Waals surface area contributed by atoms with E-state index in [1.54, 1.807) is 11.3 Å². The summed E-state index contributed by atoms with van der Waals surface area (Å²) in [5.74, 6) is 0. The number of aromatic nitrogens is 3. The van der Waals surface area contributed by atoms with E-state index in [2.05, 4.69) is 149 Å². The summed E-state index contributed by atoms with van der Waals surface area (Å²) in [5.41, 5.74) is 9.23. The molecule has 184 valence electrons. The Morgan fingerprint density at radius 2 is 0.949 bits per heavy atom. The molecule has 0 bridgehead atoms. The summed E-state index contributed by atoms with van der Waals surface area (Å²) < 4.78 is 5.52. The number of benzene rings is 4. The molecule has 3 heterocycles. The van der Waals surface area contributed by atoms with E-state index < -0.39 is 0 Å². The van der Waals surface area contributed by atoms with E-state index in [0.29, 0.717) is 0 Å². The number of pyridine rings is 2. The lowest BCUT2D eigenvalue weighted by atomic mass is 10.1. The van der Waals surface area contributed by atoms with Crippen molar-refractivity contribution < 1.29 is 9.13 Å². The molecule has 0 unspecified atom stereocenters. The van der Waals surface area contributed by atoms with Gasteiger partial charge < -0.3 is 0 Å². The lowest BCUT2D eigenvalue weighted by Gasteiger charge is -2.04. The number of thiazole rings is 1. The van der Waals surface area contributed by atoms with Crippen molar-refractivity contribution in [1.29, 1.82) is 0 Å². The van der Waals surface area contributed by atoms with Gasteiger partial charge >= 0.3 is 0 Å². The summed E-state index contributed by atoms with van der Waals surface area (Å²) in [6, 6.07) is 44.6. The third-order valence-corrected chi connectivity index (χ3v) is 8.01. The fraction of sp³-hybridized carbons (Fsp3) is 0. The van der Waals surface area contributed by atoms with Gasteiger partial charge in [-0.2, -0.15) is 9.13 Å². The summed E-state index contributed by atoms with van der Waals surface area (Å²) >= 11 is 1.73. The lowest BCUT2D eigenvalue weighted by Crippen LogP contribution is -2.29. The topological polar surface area (TPSA) is 20.6 Å². The van der Waals surface area contributed by atoms with Crippen molar-refractivity contribution in [1.82, 2.24) is 4.98 Å². The van der Waals surface area contributed by atoms with Gasteiger partial charge in [0, 0.05) is 54.1 Å². The molecular formula is C35H25N3S+2. The van der Waals surface area contributed by atoms with E-state index in [9.17, 15) is 0 Å². The number of hydrogen-bond acceptors (Lipinski definition) is 2. The van der Waals surface area contributed by atoms with Crippen molar-refractivity contribution in [2.24, 2.45) is 0 Å². The highest BCUT2D eigenvalue weighted by Crippen LogP contribution is 2.30. The van der Waals surface area contributed by atoms with Crippen LogP contribution in [0.4, 0.5) is 0 Å². The quantitative estimate of drug-likeness (QED) is 0.212. The highest BCUT2D eigenvalue weighted by molar-refractivity contribution is 7.21. The molecule has 0 atom stereocenters. The minimum Gasteiger partial charge on any atom is -0.236 e. The van der Waals surface area contributed by atoms with E-state index in [1.165, 1.54) is 27.0 Å². The minimum atomic E-state index is 1.04. The number of hydrogen-bond donors (Lipinski definition) is 0. The van der Waals surface area contributed by atoms with Crippen LogP contribution in [-0.4, -0.2) is 4.98 Å². The fourth-order valence-corrected chi connectivity index (χ4v) is 5.82. The molecule has 7 aromatic rings. The molecule has 4 aromatic carbocycles. The molecule has 0 aliphatic carbocycles. The summed E-state index contributed by atoms with van der Waals surface area (Å²) in [7, 11) is 0. The van der Waals surface area contributed by atoms with E-state index in [1.807, 2.05) is 12.1 Å². The Hall–Kier alpha value is -4.93. The highest BCUT2D eigenvalue weighted by Gasteiger charge is 2.13. The van der Waals surface area contributed by atoms with Crippen molar-refractivity contribution in [2.75, 3.05) is 0 Å². The van der Waals surface area contributed by atoms with Gasteiger partial charge in [-0.25, -0.2) is 4.98 Å². The largest absolute Gasteiger partial charge is 0.236 e. The van der Waals surface area contributed by atoms with Crippen LogP contribution in [0, 0.1) is 0 Å². The van der Waals surface area contributed by atoms with E-state index >= 15 is 0 Å². The smallest absolute Gasteiger partial charge is 0.211 e. The van der Waals surface area contributed by atoms with Gasteiger partial charge in [-0.3, -0.25) is 0 Å². The predicted octanol–water partition coefficient (Wildman–Crippen LogP) is 7.85. The summed E-state index contributed by atoms with van der Waals surface area (Å²) in [6.07, 6.45) is 8.50. The lowest BCUT2D eigenvalue weighted by molar-refractivity contribution is -0.596. The monoisotopic (exact) mass is 519 g/mol. The van der Waals surface area contributed by atoms with Crippen LogP contribution in [0.15, 0.2) is 152 Å². The van der Waals surface area contributed by atoms with Crippen molar-refractivity contribution in [3.05, 3.63) is 152 Å². The van der Waals surface area contributed by atoms with Crippen LogP contribution in [0.2, 0.25) is 0 Å². The zero-order valence-electron chi connectivity index (χ0n) is 21.2. The summed E-state index contributed by atoms with van der Waals surface area (Å²) in [5, 5.41) is 1.04. The molecule has 0 saturated carbocycles. The Morgan fingerprint density at radius 1 is 0.436 bits per heavy atom. The van der Waals surface area contributed by atoms with Crippen molar-refractivity contribution in [3.63, 3.8) is 0 Å². The molecule has 3 nitrogen and oxygen atoms in total. The first-order valence-corrected chi connectivity index (χ1v) is 13.8. The van der Waals surface area contributed by atoms with Gasteiger partial charge in [0.2, 0.25) is 11.4 Å². The zero-order chi connectivity index (χ0) is 26.0. The maximum Gasteiger partial charge on any atom is 0.211 e. The standard InChI is InChI=1S/C35H25N3S/c1-2-8-26(9-3-1)29-10-6-12-31(24-29)37-20-16-27(17-21-37)28-18-22-38(23-19-28)32-13-7-11-30(25-32)35-36-33-14-4-5-15-34(33)39-35/h1-25H/q+2. The molecule has 0 aliphatic heterocycles. The van der Waals surface area contributed by atoms with Crippen LogP contribution in [-0.2, 0) is 0 Å². The number of fused-ring (bicyclic) bond motifs is 1. The number of para-hydroxylation sites is 1. The second-order valence-corrected chi connectivity index (χ2v) is 10.5. The van der Waals surface area contributed by atoms with Crippen LogP contribution in [0.5, 0.6) is 0 Å². The van der Waals surface area contributed by atoms with Gasteiger partial charge in [-0.05, 0) is 34.4 Å². The first-order chi connectivity index (χ1) is 19.3. The third-order valence-electron chi connectivity index (χ3n) is 6.93.